The Balaban J connectivity index is 1.55. The summed E-state index contributed by atoms with van der Waals surface area (Å²) in [5.74, 6) is 1.82. The summed E-state index contributed by atoms with van der Waals surface area (Å²) in [6.45, 7) is 10.8. The monoisotopic (exact) mass is 511 g/mol. The molecular weight excluding hydrogens is 476 g/mol. The second-order valence-electron chi connectivity index (χ2n) is 10.8. The van der Waals surface area contributed by atoms with E-state index >= 15 is 0 Å². The summed E-state index contributed by atoms with van der Waals surface area (Å²) in [7, 11) is 0. The third-order valence-corrected chi connectivity index (χ3v) is 7.95. The maximum Gasteiger partial charge on any atom is 0.209 e. The molecule has 1 heterocycles. The third kappa shape index (κ3) is 4.70. The number of aryl methyl sites for hydroxylation is 5. The maximum absolute atomic E-state index is 6.70. The molecule has 0 aromatic heterocycles. The molecule has 0 spiro atoms. The summed E-state index contributed by atoms with van der Waals surface area (Å²) in [6, 6.07) is 28.0. The van der Waals surface area contributed by atoms with Crippen LogP contribution in [0.3, 0.4) is 0 Å². The number of fused-ring (bicyclic) bond motifs is 2. The van der Waals surface area contributed by atoms with Gasteiger partial charge < -0.3 is 9.73 Å². The second kappa shape index (κ2) is 10.1. The molecule has 6 rings (SSSR count). The summed E-state index contributed by atoms with van der Waals surface area (Å²) in [5, 5.41) is 4.74. The Kier molecular flexibility index (Phi) is 6.44. The van der Waals surface area contributed by atoms with Crippen LogP contribution in [0.1, 0.15) is 45.6 Å². The van der Waals surface area contributed by atoms with Crippen LogP contribution in [-0.2, 0) is 6.42 Å². The van der Waals surface area contributed by atoms with E-state index < -0.39 is 0 Å². The molecule has 0 radical (unpaired) electrons. The molecule has 3 heteroatoms. The van der Waals surface area contributed by atoms with Crippen LogP contribution < -0.4 is 15.7 Å². The van der Waals surface area contributed by atoms with Gasteiger partial charge in [0.15, 0.2) is 0 Å². The molecule has 39 heavy (non-hydrogen) atoms. The first-order valence-electron chi connectivity index (χ1n) is 13.7. The van der Waals surface area contributed by atoms with Crippen molar-refractivity contribution < 1.29 is 9.41 Å². The Labute approximate surface area is 230 Å². The summed E-state index contributed by atoms with van der Waals surface area (Å²) >= 11 is 0. The van der Waals surface area contributed by atoms with Gasteiger partial charge in [0.2, 0.25) is 11.0 Å². The summed E-state index contributed by atoms with van der Waals surface area (Å²) in [4.78, 5) is 3.65. The Bertz CT molecular complexity index is 1750. The fourth-order valence-corrected chi connectivity index (χ4v) is 5.80. The van der Waals surface area contributed by atoms with E-state index in [0.717, 1.165) is 41.0 Å². The minimum absolute atomic E-state index is 0.882. The molecule has 0 saturated carbocycles. The SMILES string of the molecule is Cc1ccccc1-c1c2ccc(=[NH+]c3c(C)cccc3C)cc-2oc2c1CCC(Nc1c(C)cccc1C)=C2. The Morgan fingerprint density at radius 1 is 0.667 bits per heavy atom. The molecular formula is C36H35N2O+. The highest BCUT2D eigenvalue weighted by Crippen LogP contribution is 2.42. The van der Waals surface area contributed by atoms with E-state index in [1.165, 1.54) is 55.9 Å². The molecule has 0 fully saturated rings. The van der Waals surface area contributed by atoms with Crippen LogP contribution in [0.5, 0.6) is 0 Å². The Morgan fingerprint density at radius 3 is 2.05 bits per heavy atom. The van der Waals surface area contributed by atoms with Crippen molar-refractivity contribution in [2.45, 2.75) is 47.5 Å². The van der Waals surface area contributed by atoms with Crippen LogP contribution in [0.15, 0.2) is 89.0 Å². The number of benzene rings is 4. The lowest BCUT2D eigenvalue weighted by Gasteiger charge is -2.25. The normalized spacial score (nSPS) is 13.4. The lowest BCUT2D eigenvalue weighted by atomic mass is 9.86. The number of rotatable bonds is 4. The van der Waals surface area contributed by atoms with E-state index in [-0.39, 0.29) is 0 Å². The molecule has 2 aliphatic carbocycles. The lowest BCUT2D eigenvalue weighted by Crippen LogP contribution is -2.71. The van der Waals surface area contributed by atoms with E-state index in [1.54, 1.807) is 0 Å². The van der Waals surface area contributed by atoms with E-state index in [0.29, 0.717) is 0 Å². The fraction of sp³-hybridized carbons (Fsp3) is 0.194. The van der Waals surface area contributed by atoms with Crippen molar-refractivity contribution in [3.05, 3.63) is 129 Å². The van der Waals surface area contributed by atoms with Crippen molar-refractivity contribution in [1.29, 1.82) is 0 Å². The first-order chi connectivity index (χ1) is 18.9. The van der Waals surface area contributed by atoms with E-state index in [1.807, 2.05) is 0 Å². The number of hydrogen-bond acceptors (Lipinski definition) is 2. The van der Waals surface area contributed by atoms with Gasteiger partial charge in [0, 0.05) is 45.8 Å². The van der Waals surface area contributed by atoms with Crippen LogP contribution >= 0.6 is 0 Å². The van der Waals surface area contributed by atoms with Crippen molar-refractivity contribution in [3.8, 4) is 22.5 Å². The zero-order valence-corrected chi connectivity index (χ0v) is 23.4. The van der Waals surface area contributed by atoms with Gasteiger partial charge in [-0.2, -0.15) is 0 Å². The van der Waals surface area contributed by atoms with Gasteiger partial charge in [-0.15, -0.1) is 0 Å². The molecule has 3 nitrogen and oxygen atoms in total. The minimum atomic E-state index is 0.882. The number of anilines is 1. The highest BCUT2D eigenvalue weighted by Gasteiger charge is 2.25. The van der Waals surface area contributed by atoms with Crippen LogP contribution in [0.25, 0.3) is 28.5 Å². The number of nitrogens with one attached hydrogen (secondary N) is 2. The zero-order chi connectivity index (χ0) is 27.1. The predicted octanol–water partition coefficient (Wildman–Crippen LogP) is 7.31. The van der Waals surface area contributed by atoms with Crippen LogP contribution in [0, 0.1) is 34.6 Å². The molecule has 0 saturated heterocycles. The van der Waals surface area contributed by atoms with E-state index in [9.17, 15) is 0 Å². The Morgan fingerprint density at radius 2 is 1.33 bits per heavy atom. The average Bonchev–Trinajstić information content (AvgIpc) is 2.92. The van der Waals surface area contributed by atoms with Gasteiger partial charge in [-0.05, 0) is 81.3 Å². The smallest absolute Gasteiger partial charge is 0.209 e. The van der Waals surface area contributed by atoms with Gasteiger partial charge in [0.1, 0.15) is 11.5 Å². The summed E-state index contributed by atoms with van der Waals surface area (Å²) in [6.07, 6.45) is 4.06. The third-order valence-electron chi connectivity index (χ3n) is 7.95. The van der Waals surface area contributed by atoms with Gasteiger partial charge in [-0.3, -0.25) is 0 Å². The van der Waals surface area contributed by atoms with Gasteiger partial charge in [-0.1, -0.05) is 60.7 Å². The number of allylic oxidation sites excluding steroid dienone is 1. The molecule has 0 atom stereocenters. The summed E-state index contributed by atoms with van der Waals surface area (Å²) < 4.78 is 6.70. The van der Waals surface area contributed by atoms with Crippen molar-refractivity contribution in [1.82, 2.24) is 0 Å². The molecule has 0 amide bonds. The molecule has 0 unspecified atom stereocenters. The molecule has 3 aliphatic rings. The highest BCUT2D eigenvalue weighted by molar-refractivity contribution is 5.88. The fourth-order valence-electron chi connectivity index (χ4n) is 5.80. The van der Waals surface area contributed by atoms with Crippen LogP contribution in [0.4, 0.5) is 11.4 Å². The average molecular weight is 512 g/mol. The van der Waals surface area contributed by atoms with Gasteiger partial charge in [-0.25, -0.2) is 4.99 Å². The van der Waals surface area contributed by atoms with E-state index in [4.69, 9.17) is 4.42 Å². The summed E-state index contributed by atoms with van der Waals surface area (Å²) in [5.41, 5.74) is 14.7. The predicted molar refractivity (Wildman–Crippen MR) is 161 cm³/mol. The van der Waals surface area contributed by atoms with Crippen LogP contribution in [0.2, 0.25) is 0 Å². The number of para-hydroxylation sites is 2. The molecule has 0 bridgehead atoms. The first kappa shape index (κ1) is 24.9. The zero-order valence-electron chi connectivity index (χ0n) is 23.4. The van der Waals surface area contributed by atoms with Crippen LogP contribution in [-0.4, -0.2) is 0 Å². The standard InChI is InChI=1S/C36H34N2O/c1-22-10-6-7-15-29(22)34-30-18-16-27(37-35-23(2)11-8-12-24(35)3)20-32(30)39-33-21-28(17-19-31(33)34)38-36-25(4)13-9-14-26(36)5/h6-16,18,20-21,38H,17,19H2,1-5H3/p+1. The number of hydrogen-bond donors (Lipinski definition) is 2. The topological polar surface area (TPSA) is 39.1 Å². The molecule has 1 aliphatic heterocycles. The molecule has 2 N–H and O–H groups in total. The first-order valence-corrected chi connectivity index (χ1v) is 13.7. The quantitative estimate of drug-likeness (QED) is 0.266. The highest BCUT2D eigenvalue weighted by atomic mass is 16.3. The van der Waals surface area contributed by atoms with Gasteiger partial charge in [0.05, 0.1) is 6.07 Å². The minimum Gasteiger partial charge on any atom is -0.456 e. The molecule has 3 aromatic carbocycles. The van der Waals surface area contributed by atoms with Crippen molar-refractivity contribution >= 4 is 17.5 Å². The van der Waals surface area contributed by atoms with Crippen molar-refractivity contribution in [2.24, 2.45) is 0 Å². The second-order valence-corrected chi connectivity index (χ2v) is 10.8. The van der Waals surface area contributed by atoms with Crippen molar-refractivity contribution in [2.75, 3.05) is 5.32 Å². The van der Waals surface area contributed by atoms with Crippen molar-refractivity contribution in [3.63, 3.8) is 0 Å². The maximum atomic E-state index is 6.70. The van der Waals surface area contributed by atoms with Gasteiger partial charge in [0.25, 0.3) is 0 Å². The largest absolute Gasteiger partial charge is 0.456 e. The van der Waals surface area contributed by atoms with Gasteiger partial charge >= 0.3 is 0 Å². The van der Waals surface area contributed by atoms with E-state index in [2.05, 4.69) is 130 Å². The lowest BCUT2D eigenvalue weighted by molar-refractivity contribution is -0.403. The Hall–Kier alpha value is -4.37. The molecule has 194 valence electrons. The molecule has 3 aromatic rings.